The standard InChI is InChI=1S/C20H18FN3O3S2/c1-13-18(11-22-29(25,26)19-6-4-3-5-17(19)27-2)28-20-23-16(12-24(13)20)14-7-9-15(21)10-8-14/h3-10,12,22H,11H2,1-2H3. The predicted octanol–water partition coefficient (Wildman–Crippen LogP) is 4.00. The molecule has 1 N–H and O–H groups in total. The fraction of sp³-hybridized carbons (Fsp3) is 0.150. The van der Waals surface area contributed by atoms with E-state index in [2.05, 4.69) is 9.71 Å². The van der Waals surface area contributed by atoms with Crippen molar-refractivity contribution in [3.63, 3.8) is 0 Å². The highest BCUT2D eigenvalue weighted by Gasteiger charge is 2.20. The largest absolute Gasteiger partial charge is 0.495 e. The highest BCUT2D eigenvalue weighted by atomic mass is 32.2. The molecule has 9 heteroatoms. The van der Waals surface area contributed by atoms with E-state index in [0.717, 1.165) is 26.8 Å². The number of rotatable bonds is 6. The van der Waals surface area contributed by atoms with Crippen molar-refractivity contribution in [2.75, 3.05) is 7.11 Å². The molecule has 0 saturated heterocycles. The van der Waals surface area contributed by atoms with Gasteiger partial charge in [0.05, 0.1) is 12.8 Å². The van der Waals surface area contributed by atoms with Gasteiger partial charge in [-0.15, -0.1) is 0 Å². The van der Waals surface area contributed by atoms with Gasteiger partial charge in [-0.05, 0) is 43.3 Å². The number of fused-ring (bicyclic) bond motifs is 1. The summed E-state index contributed by atoms with van der Waals surface area (Å²) >= 11 is 1.41. The van der Waals surface area contributed by atoms with E-state index in [1.807, 2.05) is 17.5 Å². The molecule has 0 aliphatic carbocycles. The van der Waals surface area contributed by atoms with E-state index >= 15 is 0 Å². The van der Waals surface area contributed by atoms with E-state index in [1.165, 1.54) is 36.6 Å². The Morgan fingerprint density at radius 2 is 1.90 bits per heavy atom. The Kier molecular flexibility index (Phi) is 5.12. The lowest BCUT2D eigenvalue weighted by Crippen LogP contribution is -2.23. The minimum Gasteiger partial charge on any atom is -0.495 e. The van der Waals surface area contributed by atoms with Gasteiger partial charge in [-0.25, -0.2) is 22.5 Å². The lowest BCUT2D eigenvalue weighted by atomic mass is 10.2. The summed E-state index contributed by atoms with van der Waals surface area (Å²) in [6.07, 6.45) is 1.87. The number of ether oxygens (including phenoxy) is 1. The van der Waals surface area contributed by atoms with Gasteiger partial charge in [-0.3, -0.25) is 4.40 Å². The van der Waals surface area contributed by atoms with Crippen molar-refractivity contribution in [1.29, 1.82) is 0 Å². The number of aromatic nitrogens is 2. The van der Waals surface area contributed by atoms with E-state index in [1.54, 1.807) is 30.3 Å². The molecule has 0 saturated carbocycles. The molecular formula is C20H18FN3O3S2. The second-order valence-electron chi connectivity index (χ2n) is 6.37. The van der Waals surface area contributed by atoms with Crippen molar-refractivity contribution >= 4 is 26.3 Å². The lowest BCUT2D eigenvalue weighted by Gasteiger charge is -2.10. The fourth-order valence-electron chi connectivity index (χ4n) is 3.00. The number of nitrogens with one attached hydrogen (secondary N) is 1. The quantitative estimate of drug-likeness (QED) is 0.501. The summed E-state index contributed by atoms with van der Waals surface area (Å²) in [5.74, 6) is -0.00258. The number of nitrogens with zero attached hydrogens (tertiary/aromatic N) is 2. The summed E-state index contributed by atoms with van der Waals surface area (Å²) in [5, 5.41) is 0. The molecule has 0 amide bonds. The van der Waals surface area contributed by atoms with Crippen molar-refractivity contribution in [2.24, 2.45) is 0 Å². The summed E-state index contributed by atoms with van der Waals surface area (Å²) in [7, 11) is -2.29. The van der Waals surface area contributed by atoms with Gasteiger partial charge in [0.2, 0.25) is 10.0 Å². The van der Waals surface area contributed by atoms with Gasteiger partial charge < -0.3 is 4.74 Å². The van der Waals surface area contributed by atoms with Crippen molar-refractivity contribution in [2.45, 2.75) is 18.4 Å². The van der Waals surface area contributed by atoms with Crippen LogP contribution in [0.25, 0.3) is 16.2 Å². The predicted molar refractivity (Wildman–Crippen MR) is 110 cm³/mol. The van der Waals surface area contributed by atoms with Gasteiger partial charge in [0.15, 0.2) is 4.96 Å². The van der Waals surface area contributed by atoms with Gasteiger partial charge in [0.1, 0.15) is 16.5 Å². The Hall–Kier alpha value is -2.75. The highest BCUT2D eigenvalue weighted by molar-refractivity contribution is 7.89. The minimum absolute atomic E-state index is 0.0973. The van der Waals surface area contributed by atoms with Crippen LogP contribution in [0, 0.1) is 12.7 Å². The van der Waals surface area contributed by atoms with Crippen LogP contribution < -0.4 is 9.46 Å². The van der Waals surface area contributed by atoms with Crippen molar-refractivity contribution < 1.29 is 17.5 Å². The molecule has 2 aromatic heterocycles. The molecule has 0 aliphatic rings. The molecule has 0 radical (unpaired) electrons. The monoisotopic (exact) mass is 431 g/mol. The number of aryl methyl sites for hydroxylation is 1. The van der Waals surface area contributed by atoms with Crippen LogP contribution in [0.15, 0.2) is 59.6 Å². The molecule has 0 spiro atoms. The average Bonchev–Trinajstić information content (AvgIpc) is 3.26. The Morgan fingerprint density at radius 1 is 1.17 bits per heavy atom. The number of benzene rings is 2. The third kappa shape index (κ3) is 3.76. The summed E-state index contributed by atoms with van der Waals surface area (Å²) in [4.78, 5) is 6.29. The molecule has 0 bridgehead atoms. The maximum atomic E-state index is 13.1. The first-order valence-electron chi connectivity index (χ1n) is 8.75. The normalized spacial score (nSPS) is 11.8. The van der Waals surface area contributed by atoms with Crippen molar-refractivity contribution in [1.82, 2.24) is 14.1 Å². The lowest BCUT2D eigenvalue weighted by molar-refractivity contribution is 0.402. The van der Waals surface area contributed by atoms with Crippen LogP contribution in [-0.4, -0.2) is 24.9 Å². The van der Waals surface area contributed by atoms with E-state index < -0.39 is 10.0 Å². The van der Waals surface area contributed by atoms with Crippen LogP contribution in [0.3, 0.4) is 0 Å². The average molecular weight is 432 g/mol. The molecule has 150 valence electrons. The summed E-state index contributed by atoms with van der Waals surface area (Å²) in [5.41, 5.74) is 2.45. The van der Waals surface area contributed by atoms with Crippen LogP contribution in [0.2, 0.25) is 0 Å². The van der Waals surface area contributed by atoms with Crippen LogP contribution in [-0.2, 0) is 16.6 Å². The molecule has 4 rings (SSSR count). The second-order valence-corrected chi connectivity index (χ2v) is 9.17. The zero-order valence-corrected chi connectivity index (χ0v) is 17.3. The molecule has 2 aromatic carbocycles. The zero-order chi connectivity index (χ0) is 20.6. The second kappa shape index (κ2) is 7.58. The Morgan fingerprint density at radius 3 is 2.59 bits per heavy atom. The highest BCUT2D eigenvalue weighted by Crippen LogP contribution is 2.28. The summed E-state index contributed by atoms with van der Waals surface area (Å²) in [6, 6.07) is 12.6. The Balaban J connectivity index is 1.58. The molecule has 0 aliphatic heterocycles. The molecular weight excluding hydrogens is 413 g/mol. The van der Waals surface area contributed by atoms with Crippen LogP contribution in [0.1, 0.15) is 10.6 Å². The Bertz CT molecular complexity index is 1280. The van der Waals surface area contributed by atoms with Crippen molar-refractivity contribution in [3.05, 3.63) is 71.1 Å². The summed E-state index contributed by atoms with van der Waals surface area (Å²) < 4.78 is 48.2. The maximum absolute atomic E-state index is 13.1. The van der Waals surface area contributed by atoms with E-state index in [9.17, 15) is 12.8 Å². The smallest absolute Gasteiger partial charge is 0.244 e. The molecule has 2 heterocycles. The molecule has 4 aromatic rings. The van der Waals surface area contributed by atoms with E-state index in [-0.39, 0.29) is 17.3 Å². The van der Waals surface area contributed by atoms with Gasteiger partial charge in [-0.2, -0.15) is 0 Å². The maximum Gasteiger partial charge on any atom is 0.244 e. The third-order valence-electron chi connectivity index (χ3n) is 4.57. The number of hydrogen-bond acceptors (Lipinski definition) is 5. The number of sulfonamides is 1. The number of halogens is 1. The number of methoxy groups -OCH3 is 1. The van der Waals surface area contributed by atoms with Crippen LogP contribution in [0.5, 0.6) is 5.75 Å². The summed E-state index contributed by atoms with van der Waals surface area (Å²) in [6.45, 7) is 2.05. The number of imidazole rings is 1. The number of thiazole rings is 1. The first kappa shape index (κ1) is 19.6. The minimum atomic E-state index is -3.73. The van der Waals surface area contributed by atoms with Gasteiger partial charge in [-0.1, -0.05) is 23.5 Å². The molecule has 0 fully saturated rings. The van der Waals surface area contributed by atoms with Crippen LogP contribution >= 0.6 is 11.3 Å². The first-order valence-corrected chi connectivity index (χ1v) is 11.0. The molecule has 0 unspecified atom stereocenters. The molecule has 6 nitrogen and oxygen atoms in total. The van der Waals surface area contributed by atoms with Crippen molar-refractivity contribution in [3.8, 4) is 17.0 Å². The van der Waals surface area contributed by atoms with Gasteiger partial charge in [0, 0.05) is 28.9 Å². The Labute approximate surface area is 171 Å². The number of hydrogen-bond donors (Lipinski definition) is 1. The third-order valence-corrected chi connectivity index (χ3v) is 7.17. The van der Waals surface area contributed by atoms with Gasteiger partial charge >= 0.3 is 0 Å². The first-order chi connectivity index (χ1) is 13.9. The zero-order valence-electron chi connectivity index (χ0n) is 15.7. The molecule has 29 heavy (non-hydrogen) atoms. The topological polar surface area (TPSA) is 72.7 Å². The van der Waals surface area contributed by atoms with E-state index in [4.69, 9.17) is 4.74 Å². The molecule has 0 atom stereocenters. The van der Waals surface area contributed by atoms with Gasteiger partial charge in [0.25, 0.3) is 0 Å². The van der Waals surface area contributed by atoms with Crippen LogP contribution in [0.4, 0.5) is 4.39 Å². The van der Waals surface area contributed by atoms with E-state index in [0.29, 0.717) is 5.75 Å². The number of para-hydroxylation sites is 1. The SMILES string of the molecule is COc1ccccc1S(=O)(=O)NCc1sc2nc(-c3ccc(F)cc3)cn2c1C. The fourth-order valence-corrected chi connectivity index (χ4v) is 5.29.